The van der Waals surface area contributed by atoms with E-state index in [0.29, 0.717) is 0 Å². The minimum absolute atomic E-state index is 0.249. The number of hydrogen-bond acceptors (Lipinski definition) is 4. The zero-order valence-electron chi connectivity index (χ0n) is 5.53. The van der Waals surface area contributed by atoms with E-state index in [1.807, 2.05) is 0 Å². The summed E-state index contributed by atoms with van der Waals surface area (Å²) < 4.78 is 4.32. The first-order valence-corrected chi connectivity index (χ1v) is 3.44. The van der Waals surface area contributed by atoms with E-state index in [1.54, 1.807) is 0 Å². The molecule has 0 aliphatic carbocycles. The molecule has 3 N–H and O–H groups in total. The SMILES string of the molecule is N[C@@H](CC(=O)O)C(=O)O[SiH3]. The Bertz CT molecular complexity index is 148. The predicted molar refractivity (Wildman–Crippen MR) is 36.3 cm³/mol. The second-order valence-corrected chi connectivity index (χ2v) is 2.14. The standard InChI is InChI=1S/C4H9NO4Si/c5-2(1-3(6)7)4(8)9-10/h2H,1,5H2,10H3,(H,6,7)/t2-/m0/s1. The molecule has 0 aromatic rings. The van der Waals surface area contributed by atoms with Crippen LogP contribution in [0.2, 0.25) is 0 Å². The molecule has 0 saturated carbocycles. The third-order valence-electron chi connectivity index (χ3n) is 0.898. The Morgan fingerprint density at radius 3 is 2.50 bits per heavy atom. The Balaban J connectivity index is 3.72. The van der Waals surface area contributed by atoms with Crippen LogP contribution in [0.3, 0.4) is 0 Å². The number of carboxylic acids is 1. The van der Waals surface area contributed by atoms with Crippen LogP contribution in [0.25, 0.3) is 0 Å². The minimum Gasteiger partial charge on any atom is -0.528 e. The molecule has 0 bridgehead atoms. The molecule has 0 rings (SSSR count). The number of rotatable bonds is 3. The first-order valence-electron chi connectivity index (χ1n) is 2.63. The molecule has 58 valence electrons. The van der Waals surface area contributed by atoms with Gasteiger partial charge in [-0.25, -0.2) is 0 Å². The van der Waals surface area contributed by atoms with E-state index in [0.717, 1.165) is 0 Å². The highest BCUT2D eigenvalue weighted by Gasteiger charge is 2.15. The quantitative estimate of drug-likeness (QED) is 0.453. The van der Waals surface area contributed by atoms with Gasteiger partial charge in [-0.3, -0.25) is 9.59 Å². The zero-order valence-corrected chi connectivity index (χ0v) is 7.53. The molecule has 0 saturated heterocycles. The summed E-state index contributed by atoms with van der Waals surface area (Å²) >= 11 is 0. The molecule has 0 radical (unpaired) electrons. The third-order valence-corrected chi connectivity index (χ3v) is 1.30. The van der Waals surface area contributed by atoms with Gasteiger partial charge < -0.3 is 15.3 Å². The summed E-state index contributed by atoms with van der Waals surface area (Å²) in [4.78, 5) is 20.4. The number of carboxylic acid groups (broad SMARTS) is 1. The maximum absolute atomic E-state index is 10.5. The Labute approximate surface area is 60.7 Å². The highest BCUT2D eigenvalue weighted by atomic mass is 28.2. The van der Waals surface area contributed by atoms with Crippen molar-refractivity contribution >= 4 is 22.4 Å². The van der Waals surface area contributed by atoms with E-state index < -0.39 is 18.0 Å². The maximum Gasteiger partial charge on any atom is 0.309 e. The molecule has 0 heterocycles. The molecular weight excluding hydrogens is 154 g/mol. The third kappa shape index (κ3) is 3.20. The lowest BCUT2D eigenvalue weighted by Crippen LogP contribution is -2.33. The Hall–Kier alpha value is -0.883. The number of carbonyl (C=O) groups excluding carboxylic acids is 1. The molecule has 0 aliphatic heterocycles. The van der Waals surface area contributed by atoms with Crippen molar-refractivity contribution in [3.05, 3.63) is 0 Å². The van der Waals surface area contributed by atoms with Crippen molar-refractivity contribution in [3.63, 3.8) is 0 Å². The second-order valence-electron chi connectivity index (χ2n) is 1.73. The van der Waals surface area contributed by atoms with Gasteiger partial charge in [0.05, 0.1) is 6.42 Å². The molecule has 1 atom stereocenters. The van der Waals surface area contributed by atoms with Gasteiger partial charge in [-0.2, -0.15) is 0 Å². The Morgan fingerprint density at radius 2 is 2.20 bits per heavy atom. The van der Waals surface area contributed by atoms with Crippen molar-refractivity contribution in [1.82, 2.24) is 0 Å². The first kappa shape index (κ1) is 9.12. The van der Waals surface area contributed by atoms with E-state index in [-0.39, 0.29) is 16.9 Å². The molecule has 10 heavy (non-hydrogen) atoms. The summed E-state index contributed by atoms with van der Waals surface area (Å²) in [5.74, 6) is -1.74. The van der Waals surface area contributed by atoms with Crippen LogP contribution in [0.1, 0.15) is 6.42 Å². The first-order chi connectivity index (χ1) is 4.57. The summed E-state index contributed by atoms with van der Waals surface area (Å²) in [6, 6.07) is -1.02. The molecule has 0 fully saturated rings. The summed E-state index contributed by atoms with van der Waals surface area (Å²) in [6.45, 7) is 0. The van der Waals surface area contributed by atoms with Gasteiger partial charge in [-0.05, 0) is 0 Å². The van der Waals surface area contributed by atoms with E-state index in [4.69, 9.17) is 10.8 Å². The van der Waals surface area contributed by atoms with Gasteiger partial charge >= 0.3 is 11.9 Å². The van der Waals surface area contributed by atoms with Crippen molar-refractivity contribution in [2.45, 2.75) is 12.5 Å². The number of nitrogens with two attached hydrogens (primary N) is 1. The van der Waals surface area contributed by atoms with Gasteiger partial charge in [0.15, 0.2) is 0 Å². The maximum atomic E-state index is 10.5. The lowest BCUT2D eigenvalue weighted by molar-refractivity contribution is -0.143. The van der Waals surface area contributed by atoms with Crippen LogP contribution < -0.4 is 5.73 Å². The van der Waals surface area contributed by atoms with Gasteiger partial charge in [0.1, 0.15) is 6.04 Å². The molecule has 0 aromatic heterocycles. The average Bonchev–Trinajstić information content (AvgIpc) is 1.85. The smallest absolute Gasteiger partial charge is 0.309 e. The molecule has 5 nitrogen and oxygen atoms in total. The fraction of sp³-hybridized carbons (Fsp3) is 0.500. The predicted octanol–water partition coefficient (Wildman–Crippen LogP) is -2.39. The van der Waals surface area contributed by atoms with Crippen LogP contribution in [0.15, 0.2) is 0 Å². The molecule has 0 unspecified atom stereocenters. The topological polar surface area (TPSA) is 89.6 Å². The lowest BCUT2D eigenvalue weighted by Gasteiger charge is -2.04. The monoisotopic (exact) mass is 163 g/mol. The van der Waals surface area contributed by atoms with Gasteiger partial charge in [-0.15, -0.1) is 0 Å². The largest absolute Gasteiger partial charge is 0.528 e. The second kappa shape index (κ2) is 4.02. The molecule has 0 spiro atoms. The Kier molecular flexibility index (Phi) is 3.66. The Morgan fingerprint density at radius 1 is 1.70 bits per heavy atom. The molecule has 6 heteroatoms. The van der Waals surface area contributed by atoms with E-state index >= 15 is 0 Å². The van der Waals surface area contributed by atoms with Crippen molar-refractivity contribution in [3.8, 4) is 0 Å². The molecule has 0 amide bonds. The van der Waals surface area contributed by atoms with Crippen LogP contribution in [0.5, 0.6) is 0 Å². The fourth-order valence-electron chi connectivity index (χ4n) is 0.423. The van der Waals surface area contributed by atoms with Crippen molar-refractivity contribution in [1.29, 1.82) is 0 Å². The van der Waals surface area contributed by atoms with Crippen molar-refractivity contribution in [2.75, 3.05) is 0 Å². The van der Waals surface area contributed by atoms with Crippen molar-refractivity contribution < 1.29 is 19.1 Å². The van der Waals surface area contributed by atoms with Crippen LogP contribution in [0.4, 0.5) is 0 Å². The van der Waals surface area contributed by atoms with Crippen LogP contribution >= 0.6 is 0 Å². The molecule has 0 aliphatic rings. The number of hydrogen-bond donors (Lipinski definition) is 2. The zero-order chi connectivity index (χ0) is 8.15. The average molecular weight is 163 g/mol. The number of carbonyl (C=O) groups is 2. The van der Waals surface area contributed by atoms with Gasteiger partial charge in [0.25, 0.3) is 0 Å². The van der Waals surface area contributed by atoms with Gasteiger partial charge in [-0.1, -0.05) is 0 Å². The highest BCUT2D eigenvalue weighted by molar-refractivity contribution is 6.06. The van der Waals surface area contributed by atoms with E-state index in [2.05, 4.69) is 4.43 Å². The van der Waals surface area contributed by atoms with Gasteiger partial charge in [0, 0.05) is 0 Å². The normalized spacial score (nSPS) is 12.5. The minimum atomic E-state index is -1.10. The van der Waals surface area contributed by atoms with Gasteiger partial charge in [0.2, 0.25) is 10.5 Å². The van der Waals surface area contributed by atoms with Crippen LogP contribution in [-0.4, -0.2) is 33.6 Å². The van der Waals surface area contributed by atoms with E-state index in [9.17, 15) is 9.59 Å². The molecule has 0 aromatic carbocycles. The number of aliphatic carboxylic acids is 1. The highest BCUT2D eigenvalue weighted by Crippen LogP contribution is 1.89. The van der Waals surface area contributed by atoms with E-state index in [1.165, 1.54) is 0 Å². The van der Waals surface area contributed by atoms with Crippen LogP contribution in [-0.2, 0) is 14.0 Å². The van der Waals surface area contributed by atoms with Crippen LogP contribution in [0, 0.1) is 0 Å². The summed E-state index contributed by atoms with van der Waals surface area (Å²) in [5, 5.41) is 8.15. The summed E-state index contributed by atoms with van der Waals surface area (Å²) in [6.07, 6.45) is -0.374. The summed E-state index contributed by atoms with van der Waals surface area (Å²) in [7, 11) is 0.249. The lowest BCUT2D eigenvalue weighted by atomic mass is 10.2. The van der Waals surface area contributed by atoms with Crippen molar-refractivity contribution in [2.24, 2.45) is 5.73 Å². The summed E-state index contributed by atoms with van der Waals surface area (Å²) in [5.41, 5.74) is 5.10. The fourth-order valence-corrected chi connectivity index (χ4v) is 0.726. The molecular formula is C4H9NO4Si.